The monoisotopic (exact) mass is 467 g/mol. The molecule has 182 valence electrons. The molecule has 0 bridgehead atoms. The number of carboxylic acids is 1. The van der Waals surface area contributed by atoms with E-state index in [9.17, 15) is 14.4 Å². The molecule has 0 aromatic heterocycles. The van der Waals surface area contributed by atoms with Crippen molar-refractivity contribution in [1.82, 2.24) is 0 Å². The van der Waals surface area contributed by atoms with E-state index in [0.717, 1.165) is 17.0 Å². The van der Waals surface area contributed by atoms with Crippen molar-refractivity contribution in [2.75, 3.05) is 13.2 Å². The summed E-state index contributed by atoms with van der Waals surface area (Å²) in [6, 6.07) is 5.28. The summed E-state index contributed by atoms with van der Waals surface area (Å²) in [6.45, 7) is 10.0. The number of hydrogen-bond donors (Lipinski definition) is 1. The summed E-state index contributed by atoms with van der Waals surface area (Å²) < 4.78 is 11.2. The predicted molar refractivity (Wildman–Crippen MR) is 127 cm³/mol. The number of ketones is 2. The number of aliphatic carboxylic acids is 1. The maximum Gasteiger partial charge on any atom is 0.341 e. The standard InChI is InChI=1S/C27H33NO6/c1-6-33-21-9-15(7-8-20(21)34-14-22(31)32)23-24-16(10-26(2,3)12-18(24)29)28-17-11-27(4,5)13-19(30)25(17)23/h7-9,23-24H,6,10-14H2,1-5H3,(H,31,32). The molecule has 2 atom stereocenters. The number of carbonyl (C=O) groups excluding carboxylic acids is 2. The fourth-order valence-electron chi connectivity index (χ4n) is 5.62. The van der Waals surface area contributed by atoms with Crippen molar-refractivity contribution >= 4 is 23.2 Å². The zero-order valence-corrected chi connectivity index (χ0v) is 20.6. The van der Waals surface area contributed by atoms with Gasteiger partial charge in [0, 0.05) is 35.7 Å². The molecule has 4 rings (SSSR count). The molecule has 3 aliphatic rings. The molecule has 1 aliphatic heterocycles. The first-order valence-electron chi connectivity index (χ1n) is 11.9. The summed E-state index contributed by atoms with van der Waals surface area (Å²) in [7, 11) is 0. The Hall–Kier alpha value is -2.96. The van der Waals surface area contributed by atoms with Gasteiger partial charge in [0.2, 0.25) is 0 Å². The third-order valence-electron chi connectivity index (χ3n) is 6.82. The number of allylic oxidation sites excluding steroid dienone is 2. The number of carbonyl (C=O) groups is 3. The number of ether oxygens (including phenoxy) is 2. The molecule has 34 heavy (non-hydrogen) atoms. The summed E-state index contributed by atoms with van der Waals surface area (Å²) in [4.78, 5) is 42.8. The molecule has 1 heterocycles. The third kappa shape index (κ3) is 4.65. The second-order valence-electron chi connectivity index (χ2n) is 11.2. The summed E-state index contributed by atoms with van der Waals surface area (Å²) >= 11 is 0. The van der Waals surface area contributed by atoms with E-state index in [4.69, 9.17) is 19.6 Å². The van der Waals surface area contributed by atoms with Crippen molar-refractivity contribution in [2.45, 2.75) is 66.2 Å². The number of carboxylic acid groups (broad SMARTS) is 1. The maximum atomic E-state index is 13.5. The van der Waals surface area contributed by atoms with Gasteiger partial charge in [0.1, 0.15) is 5.78 Å². The van der Waals surface area contributed by atoms with E-state index in [0.29, 0.717) is 49.4 Å². The van der Waals surface area contributed by atoms with Gasteiger partial charge in [-0.1, -0.05) is 33.8 Å². The van der Waals surface area contributed by atoms with Gasteiger partial charge >= 0.3 is 5.97 Å². The Kier molecular flexibility index (Phi) is 6.17. The van der Waals surface area contributed by atoms with Gasteiger partial charge in [-0.05, 0) is 48.3 Å². The van der Waals surface area contributed by atoms with Crippen molar-refractivity contribution in [2.24, 2.45) is 21.7 Å². The minimum Gasteiger partial charge on any atom is -0.490 e. The van der Waals surface area contributed by atoms with Gasteiger partial charge in [0.15, 0.2) is 23.9 Å². The van der Waals surface area contributed by atoms with Crippen LogP contribution in [0.2, 0.25) is 0 Å². The van der Waals surface area contributed by atoms with Gasteiger partial charge in [-0.25, -0.2) is 4.79 Å². The van der Waals surface area contributed by atoms with Gasteiger partial charge in [-0.15, -0.1) is 0 Å². The van der Waals surface area contributed by atoms with Crippen LogP contribution in [0.4, 0.5) is 0 Å². The van der Waals surface area contributed by atoms with Crippen LogP contribution in [0.25, 0.3) is 0 Å². The molecule has 0 spiro atoms. The number of aliphatic imine (C=N–C) groups is 1. The Bertz CT molecular complexity index is 1110. The molecule has 1 aromatic rings. The maximum absolute atomic E-state index is 13.5. The van der Waals surface area contributed by atoms with Gasteiger partial charge in [0.05, 0.1) is 12.5 Å². The van der Waals surface area contributed by atoms with Crippen molar-refractivity contribution in [3.8, 4) is 11.5 Å². The molecule has 2 unspecified atom stereocenters. The lowest BCUT2D eigenvalue weighted by atomic mass is 9.60. The van der Waals surface area contributed by atoms with Crippen LogP contribution in [0, 0.1) is 16.7 Å². The predicted octanol–water partition coefficient (Wildman–Crippen LogP) is 4.74. The molecule has 7 heteroatoms. The van der Waals surface area contributed by atoms with Crippen LogP contribution in [-0.4, -0.2) is 41.6 Å². The summed E-state index contributed by atoms with van der Waals surface area (Å²) in [5.74, 6) is -1.12. The van der Waals surface area contributed by atoms with E-state index in [1.54, 1.807) is 12.1 Å². The van der Waals surface area contributed by atoms with Crippen LogP contribution in [0.15, 0.2) is 34.5 Å². The van der Waals surface area contributed by atoms with E-state index >= 15 is 0 Å². The molecule has 1 aromatic carbocycles. The lowest BCUT2D eigenvalue weighted by Crippen LogP contribution is -2.45. The second kappa shape index (κ2) is 8.67. The average Bonchev–Trinajstić information content (AvgIpc) is 2.69. The van der Waals surface area contributed by atoms with Crippen molar-refractivity contribution in [3.05, 3.63) is 35.0 Å². The lowest BCUT2D eigenvalue weighted by Gasteiger charge is -2.44. The number of rotatable bonds is 6. The summed E-state index contributed by atoms with van der Waals surface area (Å²) in [5, 5.41) is 9.00. The highest BCUT2D eigenvalue weighted by atomic mass is 16.5. The highest BCUT2D eigenvalue weighted by Crippen LogP contribution is 2.52. The van der Waals surface area contributed by atoms with Gasteiger partial charge in [-0.3, -0.25) is 14.6 Å². The number of fused-ring (bicyclic) bond motifs is 1. The van der Waals surface area contributed by atoms with Crippen molar-refractivity contribution in [3.63, 3.8) is 0 Å². The summed E-state index contributed by atoms with van der Waals surface area (Å²) in [5.41, 5.74) is 2.73. The Morgan fingerprint density at radius 2 is 1.71 bits per heavy atom. The van der Waals surface area contributed by atoms with E-state index in [1.807, 2.05) is 13.0 Å². The topological polar surface area (TPSA) is 102 Å². The van der Waals surface area contributed by atoms with Gasteiger partial charge < -0.3 is 14.6 Å². The quantitative estimate of drug-likeness (QED) is 0.649. The largest absolute Gasteiger partial charge is 0.490 e. The summed E-state index contributed by atoms with van der Waals surface area (Å²) in [6.07, 6.45) is 2.25. The average molecular weight is 468 g/mol. The molecule has 1 saturated carbocycles. The lowest BCUT2D eigenvalue weighted by molar-refractivity contribution is -0.139. The number of nitrogens with zero attached hydrogens (tertiary/aromatic N) is 1. The molecule has 0 amide bonds. The van der Waals surface area contributed by atoms with Crippen LogP contribution in [-0.2, 0) is 14.4 Å². The Balaban J connectivity index is 1.84. The van der Waals surface area contributed by atoms with Gasteiger partial charge in [-0.2, -0.15) is 0 Å². The molecule has 0 radical (unpaired) electrons. The fraction of sp³-hybridized carbons (Fsp3) is 0.556. The molecule has 1 fully saturated rings. The van der Waals surface area contributed by atoms with Crippen LogP contribution >= 0.6 is 0 Å². The van der Waals surface area contributed by atoms with E-state index in [-0.39, 0.29) is 22.4 Å². The molecular weight excluding hydrogens is 434 g/mol. The van der Waals surface area contributed by atoms with Crippen LogP contribution in [0.5, 0.6) is 11.5 Å². The molecule has 2 aliphatic carbocycles. The number of benzene rings is 1. The normalized spacial score (nSPS) is 25.3. The number of hydrogen-bond acceptors (Lipinski definition) is 6. The highest BCUT2D eigenvalue weighted by molar-refractivity contribution is 6.13. The van der Waals surface area contributed by atoms with Gasteiger partial charge in [0.25, 0.3) is 0 Å². The minimum absolute atomic E-state index is 0.0425. The molecule has 0 saturated heterocycles. The first-order valence-corrected chi connectivity index (χ1v) is 11.9. The molecule has 7 nitrogen and oxygen atoms in total. The van der Waals surface area contributed by atoms with E-state index in [2.05, 4.69) is 27.7 Å². The van der Waals surface area contributed by atoms with Crippen LogP contribution in [0.1, 0.15) is 71.8 Å². The minimum atomic E-state index is -1.08. The third-order valence-corrected chi connectivity index (χ3v) is 6.82. The smallest absolute Gasteiger partial charge is 0.341 e. The zero-order chi connectivity index (χ0) is 24.8. The Morgan fingerprint density at radius 3 is 2.38 bits per heavy atom. The van der Waals surface area contributed by atoms with Crippen molar-refractivity contribution < 1.29 is 29.0 Å². The van der Waals surface area contributed by atoms with Crippen LogP contribution in [0.3, 0.4) is 0 Å². The van der Waals surface area contributed by atoms with E-state index in [1.165, 1.54) is 0 Å². The van der Waals surface area contributed by atoms with E-state index < -0.39 is 24.4 Å². The second-order valence-corrected chi connectivity index (χ2v) is 11.2. The van der Waals surface area contributed by atoms with Crippen LogP contribution < -0.4 is 9.47 Å². The first-order chi connectivity index (χ1) is 15.9. The fourth-order valence-corrected chi connectivity index (χ4v) is 5.62. The Labute approximate surface area is 200 Å². The molecule has 1 N–H and O–H groups in total. The SMILES string of the molecule is CCOc1cc(C2C3=C(CC(C)(C)CC3=O)N=C3CC(C)(C)CC(=O)C32)ccc1OCC(=O)O. The Morgan fingerprint density at radius 1 is 1.00 bits per heavy atom. The first kappa shape index (κ1) is 24.2. The zero-order valence-electron chi connectivity index (χ0n) is 20.6. The highest BCUT2D eigenvalue weighted by Gasteiger charge is 2.49. The van der Waals surface area contributed by atoms with Crippen molar-refractivity contribution in [1.29, 1.82) is 0 Å². The number of Topliss-reactive ketones (excluding diaryl/α,β-unsaturated/α-hetero) is 2. The molecular formula is C27H33NO6.